The van der Waals surface area contributed by atoms with Crippen LogP contribution in [-0.2, 0) is 26.1 Å². The van der Waals surface area contributed by atoms with Crippen LogP contribution in [-0.4, -0.2) is 43.4 Å². The molecule has 27 heavy (non-hydrogen) atoms. The number of aromatic nitrogens is 5. The number of nitrogens with zero attached hydrogens (tertiary/aromatic N) is 6. The Hall–Kier alpha value is -3.16. The number of aryl methyl sites for hydroxylation is 1. The fraction of sp³-hybridized carbons (Fsp3) is 0.368. The molecule has 3 heterocycles. The van der Waals surface area contributed by atoms with Crippen molar-refractivity contribution < 1.29 is 0 Å². The first-order valence-corrected chi connectivity index (χ1v) is 9.19. The number of aliphatic imine (C=N–C) groups is 1. The van der Waals surface area contributed by atoms with Crippen LogP contribution in [0.25, 0.3) is 0 Å². The van der Waals surface area contributed by atoms with Gasteiger partial charge in [0.25, 0.3) is 0 Å². The Morgan fingerprint density at radius 1 is 1.26 bits per heavy atom. The number of fused-ring (bicyclic) bond motifs is 1. The second kappa shape index (κ2) is 8.03. The lowest BCUT2D eigenvalue weighted by Crippen LogP contribution is -2.47. The number of hydrogen-bond acceptors (Lipinski definition) is 4. The largest absolute Gasteiger partial charge is 0.352 e. The van der Waals surface area contributed by atoms with Gasteiger partial charge in [0.2, 0.25) is 0 Å². The zero-order valence-electron chi connectivity index (χ0n) is 15.4. The minimum absolute atomic E-state index is 0.287. The highest BCUT2D eigenvalue weighted by atomic mass is 15.4. The van der Waals surface area contributed by atoms with E-state index in [1.807, 2.05) is 23.1 Å². The predicted molar refractivity (Wildman–Crippen MR) is 103 cm³/mol. The molecule has 140 valence electrons. The fourth-order valence-corrected chi connectivity index (χ4v) is 3.34. The quantitative estimate of drug-likeness (QED) is 0.525. The maximum Gasteiger partial charge on any atom is 0.191 e. The van der Waals surface area contributed by atoms with Crippen LogP contribution in [0.3, 0.4) is 0 Å². The second-order valence-corrected chi connectivity index (χ2v) is 6.62. The zero-order valence-corrected chi connectivity index (χ0v) is 15.4. The van der Waals surface area contributed by atoms with Crippen LogP contribution < -0.4 is 10.6 Å². The number of guanidine groups is 1. The molecule has 8 heteroatoms. The van der Waals surface area contributed by atoms with Gasteiger partial charge in [0.05, 0.1) is 13.1 Å². The highest BCUT2D eigenvalue weighted by Crippen LogP contribution is 2.11. The maximum atomic E-state index is 4.48. The molecule has 2 N–H and O–H groups in total. The van der Waals surface area contributed by atoms with E-state index in [1.165, 1.54) is 5.56 Å². The highest BCUT2D eigenvalue weighted by molar-refractivity contribution is 5.79. The Morgan fingerprint density at radius 3 is 3.00 bits per heavy atom. The summed E-state index contributed by atoms with van der Waals surface area (Å²) in [7, 11) is 1.79. The van der Waals surface area contributed by atoms with Gasteiger partial charge in [-0.15, -0.1) is 0 Å². The lowest BCUT2D eigenvalue weighted by atomic mass is 10.1. The van der Waals surface area contributed by atoms with Crippen molar-refractivity contribution in [1.82, 2.24) is 34.9 Å². The van der Waals surface area contributed by atoms with Gasteiger partial charge >= 0.3 is 0 Å². The Bertz CT molecular complexity index is 895. The lowest BCUT2D eigenvalue weighted by molar-refractivity contribution is 0.392. The van der Waals surface area contributed by atoms with Crippen LogP contribution >= 0.6 is 0 Å². The van der Waals surface area contributed by atoms with Crippen molar-refractivity contribution >= 4 is 5.96 Å². The molecule has 2 aromatic heterocycles. The van der Waals surface area contributed by atoms with Gasteiger partial charge in [-0.25, -0.2) is 14.6 Å². The molecule has 0 aliphatic carbocycles. The topological polar surface area (TPSA) is 84.9 Å². The molecule has 8 nitrogen and oxygen atoms in total. The minimum atomic E-state index is 0.287. The highest BCUT2D eigenvalue weighted by Gasteiger charge is 2.20. The van der Waals surface area contributed by atoms with Crippen LogP contribution in [0, 0.1) is 0 Å². The van der Waals surface area contributed by atoms with Crippen molar-refractivity contribution in [3.8, 4) is 0 Å². The number of imidazole rings is 1. The summed E-state index contributed by atoms with van der Waals surface area (Å²) >= 11 is 0. The van der Waals surface area contributed by atoms with Crippen molar-refractivity contribution in [2.45, 2.75) is 38.5 Å². The second-order valence-electron chi connectivity index (χ2n) is 6.62. The van der Waals surface area contributed by atoms with Crippen molar-refractivity contribution in [2.75, 3.05) is 7.05 Å². The molecule has 1 atom stereocenters. The van der Waals surface area contributed by atoms with E-state index in [9.17, 15) is 0 Å². The fourth-order valence-electron chi connectivity index (χ4n) is 3.34. The molecule has 3 aromatic rings. The van der Waals surface area contributed by atoms with Crippen LogP contribution in [0.4, 0.5) is 0 Å². The van der Waals surface area contributed by atoms with Gasteiger partial charge in [-0.2, -0.15) is 5.10 Å². The van der Waals surface area contributed by atoms with E-state index < -0.39 is 0 Å². The van der Waals surface area contributed by atoms with E-state index in [0.717, 1.165) is 43.5 Å². The average molecular weight is 364 g/mol. The molecule has 0 fully saturated rings. The molecule has 0 saturated heterocycles. The van der Waals surface area contributed by atoms with E-state index in [4.69, 9.17) is 0 Å². The molecule has 0 spiro atoms. The summed E-state index contributed by atoms with van der Waals surface area (Å²) < 4.78 is 4.11. The van der Waals surface area contributed by atoms with Gasteiger partial charge in [0.15, 0.2) is 5.96 Å². The van der Waals surface area contributed by atoms with E-state index >= 15 is 0 Å². The number of benzene rings is 1. The Balaban J connectivity index is 1.33. The summed E-state index contributed by atoms with van der Waals surface area (Å²) in [5, 5.41) is 11.1. The summed E-state index contributed by atoms with van der Waals surface area (Å²) in [5.74, 6) is 2.81. The first-order valence-electron chi connectivity index (χ1n) is 9.19. The molecule has 4 rings (SSSR count). The third-order valence-electron chi connectivity index (χ3n) is 4.78. The Kier molecular flexibility index (Phi) is 5.13. The summed E-state index contributed by atoms with van der Waals surface area (Å²) in [5.41, 5.74) is 1.25. The summed E-state index contributed by atoms with van der Waals surface area (Å²) in [6.45, 7) is 2.22. The van der Waals surface area contributed by atoms with Gasteiger partial charge in [-0.05, 0) is 12.0 Å². The number of nitrogens with one attached hydrogen (secondary N) is 2. The standard InChI is InChI=1S/C19H24N8/c1-20-19(25-16-7-8-17-23-14-24-27(17)13-16)22-11-18-21-9-10-26(18)12-15-5-3-2-4-6-15/h2-6,9-10,14,16H,7-8,11-13H2,1H3,(H2,20,22,25). The van der Waals surface area contributed by atoms with Gasteiger partial charge in [-0.1, -0.05) is 30.3 Å². The molecule has 0 radical (unpaired) electrons. The van der Waals surface area contributed by atoms with Gasteiger partial charge in [0.1, 0.15) is 18.0 Å². The molecule has 1 aromatic carbocycles. The van der Waals surface area contributed by atoms with Crippen LogP contribution in [0.5, 0.6) is 0 Å². The first kappa shape index (κ1) is 17.3. The normalized spacial score (nSPS) is 16.8. The maximum absolute atomic E-state index is 4.48. The Morgan fingerprint density at radius 2 is 2.15 bits per heavy atom. The third-order valence-corrected chi connectivity index (χ3v) is 4.78. The zero-order chi connectivity index (χ0) is 18.5. The van der Waals surface area contributed by atoms with E-state index in [0.29, 0.717) is 6.54 Å². The summed E-state index contributed by atoms with van der Waals surface area (Å²) in [6, 6.07) is 10.7. The number of hydrogen-bond donors (Lipinski definition) is 2. The van der Waals surface area contributed by atoms with Crippen molar-refractivity contribution in [3.05, 3.63) is 66.3 Å². The molecule has 0 saturated carbocycles. The number of rotatable bonds is 5. The molecular formula is C19H24N8. The van der Waals surface area contributed by atoms with E-state index in [2.05, 4.69) is 59.5 Å². The average Bonchev–Trinajstić information content (AvgIpc) is 3.34. The van der Waals surface area contributed by atoms with Crippen LogP contribution in [0.15, 0.2) is 54.0 Å². The first-order chi connectivity index (χ1) is 13.3. The van der Waals surface area contributed by atoms with Gasteiger partial charge in [0, 0.05) is 38.4 Å². The SMILES string of the molecule is CN=C(NCc1nccn1Cc1ccccc1)NC1CCc2ncnn2C1. The summed E-state index contributed by atoms with van der Waals surface area (Å²) in [6.07, 6.45) is 7.41. The van der Waals surface area contributed by atoms with Gasteiger partial charge < -0.3 is 15.2 Å². The molecule has 0 amide bonds. The van der Waals surface area contributed by atoms with Crippen molar-refractivity contribution in [2.24, 2.45) is 4.99 Å². The minimum Gasteiger partial charge on any atom is -0.352 e. The monoisotopic (exact) mass is 364 g/mol. The Labute approximate surface area is 158 Å². The summed E-state index contributed by atoms with van der Waals surface area (Å²) in [4.78, 5) is 13.1. The van der Waals surface area contributed by atoms with Crippen LogP contribution in [0.1, 0.15) is 23.6 Å². The van der Waals surface area contributed by atoms with Crippen LogP contribution in [0.2, 0.25) is 0 Å². The third kappa shape index (κ3) is 4.16. The lowest BCUT2D eigenvalue weighted by Gasteiger charge is -2.25. The molecule has 0 bridgehead atoms. The van der Waals surface area contributed by atoms with E-state index in [1.54, 1.807) is 13.4 Å². The van der Waals surface area contributed by atoms with Gasteiger partial charge in [-0.3, -0.25) is 4.99 Å². The molecular weight excluding hydrogens is 340 g/mol. The smallest absolute Gasteiger partial charge is 0.191 e. The molecule has 1 unspecified atom stereocenters. The molecule has 1 aliphatic heterocycles. The molecule has 1 aliphatic rings. The predicted octanol–water partition coefficient (Wildman–Crippen LogP) is 1.20. The van der Waals surface area contributed by atoms with Crippen molar-refractivity contribution in [3.63, 3.8) is 0 Å². The van der Waals surface area contributed by atoms with Crippen molar-refractivity contribution in [1.29, 1.82) is 0 Å². The van der Waals surface area contributed by atoms with E-state index in [-0.39, 0.29) is 6.04 Å².